The lowest BCUT2D eigenvalue weighted by molar-refractivity contribution is 0.413. The second kappa shape index (κ2) is 7.08. The minimum absolute atomic E-state index is 0.452. The Labute approximate surface area is 126 Å². The van der Waals surface area contributed by atoms with Crippen LogP contribution in [0.4, 0.5) is 0 Å². The fraction of sp³-hybridized carbons (Fsp3) is 0.333. The van der Waals surface area contributed by atoms with Crippen molar-refractivity contribution in [2.24, 2.45) is 0 Å². The minimum atomic E-state index is 0.452. The summed E-state index contributed by atoms with van der Waals surface area (Å²) in [5.74, 6) is 0.894. The van der Waals surface area contributed by atoms with Crippen LogP contribution in [0.25, 0.3) is 0 Å². The summed E-state index contributed by atoms with van der Waals surface area (Å²) in [5, 5.41) is 7.88. The van der Waals surface area contributed by atoms with E-state index in [4.69, 9.17) is 4.74 Å². The first kappa shape index (κ1) is 14.6. The van der Waals surface area contributed by atoms with Crippen molar-refractivity contribution in [2.45, 2.75) is 25.9 Å². The molecule has 0 aliphatic carbocycles. The molecule has 1 unspecified atom stereocenters. The number of ether oxygens (including phenoxy) is 1. The van der Waals surface area contributed by atoms with Crippen LogP contribution >= 0.6 is 27.3 Å². The van der Waals surface area contributed by atoms with Crippen molar-refractivity contribution in [2.75, 3.05) is 7.11 Å². The molecule has 1 atom stereocenters. The molecule has 0 spiro atoms. The average molecular weight is 340 g/mol. The molecule has 0 radical (unpaired) electrons. The van der Waals surface area contributed by atoms with Gasteiger partial charge >= 0.3 is 0 Å². The van der Waals surface area contributed by atoms with Crippen LogP contribution in [0, 0.1) is 0 Å². The van der Waals surface area contributed by atoms with Gasteiger partial charge in [-0.2, -0.15) is 11.3 Å². The Bertz CT molecular complexity index is 513. The Morgan fingerprint density at radius 3 is 2.89 bits per heavy atom. The zero-order valence-electron chi connectivity index (χ0n) is 11.2. The monoisotopic (exact) mass is 339 g/mol. The molecule has 0 saturated carbocycles. The normalized spacial score (nSPS) is 12.4. The molecule has 0 aliphatic rings. The number of rotatable bonds is 6. The summed E-state index contributed by atoms with van der Waals surface area (Å²) in [7, 11) is 1.69. The molecule has 102 valence electrons. The Morgan fingerprint density at radius 2 is 2.21 bits per heavy atom. The lowest BCUT2D eigenvalue weighted by Gasteiger charge is -2.14. The number of thiophene rings is 1. The van der Waals surface area contributed by atoms with Crippen LogP contribution in [0.15, 0.2) is 39.5 Å². The Kier molecular flexibility index (Phi) is 5.43. The van der Waals surface area contributed by atoms with Gasteiger partial charge in [0.2, 0.25) is 0 Å². The first-order valence-corrected chi connectivity index (χ1v) is 7.99. The van der Waals surface area contributed by atoms with E-state index in [-0.39, 0.29) is 0 Å². The molecule has 0 bridgehead atoms. The Morgan fingerprint density at radius 1 is 1.37 bits per heavy atom. The fourth-order valence-corrected chi connectivity index (χ4v) is 3.00. The molecule has 1 aromatic heterocycles. The predicted octanol–water partition coefficient (Wildman–Crippen LogP) is 4.24. The van der Waals surface area contributed by atoms with Crippen molar-refractivity contribution >= 4 is 27.3 Å². The third-order valence-electron chi connectivity index (χ3n) is 3.02. The minimum Gasteiger partial charge on any atom is -0.497 e. The van der Waals surface area contributed by atoms with Gasteiger partial charge in [-0.3, -0.25) is 0 Å². The van der Waals surface area contributed by atoms with Gasteiger partial charge in [0, 0.05) is 17.1 Å². The van der Waals surface area contributed by atoms with E-state index in [0.717, 1.165) is 23.2 Å². The lowest BCUT2D eigenvalue weighted by Crippen LogP contribution is -2.27. The van der Waals surface area contributed by atoms with Crippen LogP contribution in [-0.2, 0) is 13.0 Å². The predicted molar refractivity (Wildman–Crippen MR) is 85.0 cm³/mol. The smallest absolute Gasteiger partial charge is 0.119 e. The van der Waals surface area contributed by atoms with Gasteiger partial charge in [0.05, 0.1) is 7.11 Å². The SMILES string of the molecule is COc1ccc(Br)c(CNC(C)Cc2ccsc2)c1. The standard InChI is InChI=1S/C15H18BrNOS/c1-11(7-12-5-6-19-10-12)17-9-13-8-14(18-2)3-4-15(13)16/h3-6,8,10-11,17H,7,9H2,1-2H3. The van der Waals surface area contributed by atoms with Crippen molar-refractivity contribution in [3.8, 4) is 5.75 Å². The Hall–Kier alpha value is -0.840. The van der Waals surface area contributed by atoms with Gasteiger partial charge in [0.15, 0.2) is 0 Å². The second-order valence-electron chi connectivity index (χ2n) is 4.58. The second-order valence-corrected chi connectivity index (χ2v) is 6.21. The van der Waals surface area contributed by atoms with Crippen molar-refractivity contribution in [1.29, 1.82) is 0 Å². The van der Waals surface area contributed by atoms with Gasteiger partial charge in [-0.1, -0.05) is 15.9 Å². The zero-order valence-corrected chi connectivity index (χ0v) is 13.6. The number of hydrogen-bond acceptors (Lipinski definition) is 3. The Balaban J connectivity index is 1.91. The number of benzene rings is 1. The maximum atomic E-state index is 5.25. The molecule has 2 aromatic rings. The first-order chi connectivity index (χ1) is 9.19. The fourth-order valence-electron chi connectivity index (χ4n) is 1.93. The summed E-state index contributed by atoms with van der Waals surface area (Å²) in [4.78, 5) is 0. The highest BCUT2D eigenvalue weighted by Gasteiger charge is 2.06. The molecule has 0 saturated heterocycles. The van der Waals surface area contributed by atoms with Gasteiger partial charge in [-0.25, -0.2) is 0 Å². The third kappa shape index (κ3) is 4.34. The maximum Gasteiger partial charge on any atom is 0.119 e. The molecule has 1 aromatic carbocycles. The molecule has 0 aliphatic heterocycles. The van der Waals surface area contributed by atoms with E-state index in [0.29, 0.717) is 6.04 Å². The molecule has 2 nitrogen and oxygen atoms in total. The molecular weight excluding hydrogens is 322 g/mol. The largest absolute Gasteiger partial charge is 0.497 e. The van der Waals surface area contributed by atoms with E-state index in [1.165, 1.54) is 11.1 Å². The average Bonchev–Trinajstić information content (AvgIpc) is 2.90. The topological polar surface area (TPSA) is 21.3 Å². The molecule has 1 N–H and O–H groups in total. The van der Waals surface area contributed by atoms with E-state index in [1.807, 2.05) is 12.1 Å². The van der Waals surface area contributed by atoms with Crippen LogP contribution in [0.3, 0.4) is 0 Å². The number of halogens is 1. The summed E-state index contributed by atoms with van der Waals surface area (Å²) in [5.41, 5.74) is 2.62. The van der Waals surface area contributed by atoms with Crippen LogP contribution in [0.5, 0.6) is 5.75 Å². The number of nitrogens with one attached hydrogen (secondary N) is 1. The summed E-state index contributed by atoms with van der Waals surface area (Å²) in [6, 6.07) is 8.69. The molecule has 19 heavy (non-hydrogen) atoms. The summed E-state index contributed by atoms with van der Waals surface area (Å²) >= 11 is 5.33. The molecular formula is C15H18BrNOS. The van der Waals surface area contributed by atoms with Crippen LogP contribution in [0.1, 0.15) is 18.1 Å². The van der Waals surface area contributed by atoms with Gasteiger partial charge in [-0.05, 0) is 59.5 Å². The van der Waals surface area contributed by atoms with Gasteiger partial charge in [-0.15, -0.1) is 0 Å². The van der Waals surface area contributed by atoms with E-state index in [2.05, 4.69) is 51.1 Å². The van der Waals surface area contributed by atoms with Gasteiger partial charge in [0.25, 0.3) is 0 Å². The maximum absolute atomic E-state index is 5.25. The summed E-state index contributed by atoms with van der Waals surface area (Å²) < 4.78 is 6.37. The molecule has 1 heterocycles. The zero-order chi connectivity index (χ0) is 13.7. The van der Waals surface area contributed by atoms with Gasteiger partial charge < -0.3 is 10.1 Å². The highest BCUT2D eigenvalue weighted by molar-refractivity contribution is 9.10. The molecule has 4 heteroatoms. The van der Waals surface area contributed by atoms with Crippen LogP contribution in [0.2, 0.25) is 0 Å². The third-order valence-corrected chi connectivity index (χ3v) is 4.52. The summed E-state index contributed by atoms with van der Waals surface area (Å²) in [6.07, 6.45) is 1.06. The van der Waals surface area contributed by atoms with E-state index in [1.54, 1.807) is 18.4 Å². The lowest BCUT2D eigenvalue weighted by atomic mass is 10.1. The van der Waals surface area contributed by atoms with Crippen LogP contribution in [-0.4, -0.2) is 13.2 Å². The highest BCUT2D eigenvalue weighted by atomic mass is 79.9. The number of methoxy groups -OCH3 is 1. The molecule has 0 amide bonds. The highest BCUT2D eigenvalue weighted by Crippen LogP contribution is 2.22. The van der Waals surface area contributed by atoms with Gasteiger partial charge in [0.1, 0.15) is 5.75 Å². The van der Waals surface area contributed by atoms with E-state index >= 15 is 0 Å². The number of hydrogen-bond donors (Lipinski definition) is 1. The van der Waals surface area contributed by atoms with Crippen molar-refractivity contribution in [1.82, 2.24) is 5.32 Å². The summed E-state index contributed by atoms with van der Waals surface area (Å²) in [6.45, 7) is 3.05. The van der Waals surface area contributed by atoms with Crippen molar-refractivity contribution in [3.63, 3.8) is 0 Å². The molecule has 2 rings (SSSR count). The van der Waals surface area contributed by atoms with E-state index in [9.17, 15) is 0 Å². The quantitative estimate of drug-likeness (QED) is 0.849. The van der Waals surface area contributed by atoms with Crippen molar-refractivity contribution in [3.05, 3.63) is 50.6 Å². The van der Waals surface area contributed by atoms with E-state index < -0.39 is 0 Å². The first-order valence-electron chi connectivity index (χ1n) is 6.26. The van der Waals surface area contributed by atoms with Crippen LogP contribution < -0.4 is 10.1 Å². The molecule has 0 fully saturated rings. The van der Waals surface area contributed by atoms with Crippen molar-refractivity contribution < 1.29 is 4.74 Å².